The first-order valence-corrected chi connectivity index (χ1v) is 5.90. The second kappa shape index (κ2) is 5.26. The van der Waals surface area contributed by atoms with E-state index in [1.165, 1.54) is 6.20 Å². The Balaban J connectivity index is 2.77. The zero-order valence-electron chi connectivity index (χ0n) is 8.20. The van der Waals surface area contributed by atoms with Gasteiger partial charge in [0.2, 0.25) is 5.95 Å². The molecule has 0 aliphatic carbocycles. The van der Waals surface area contributed by atoms with E-state index in [1.54, 1.807) is 11.8 Å². The number of anilines is 2. The van der Waals surface area contributed by atoms with E-state index in [9.17, 15) is 0 Å². The van der Waals surface area contributed by atoms with Gasteiger partial charge in [-0.1, -0.05) is 11.6 Å². The van der Waals surface area contributed by atoms with E-state index in [0.29, 0.717) is 10.8 Å². The molecule has 0 amide bonds. The van der Waals surface area contributed by atoms with Crippen LogP contribution in [0.4, 0.5) is 11.8 Å². The first-order valence-electron chi connectivity index (χ1n) is 4.13. The number of nitrogens with two attached hydrogens (primary N) is 1. The van der Waals surface area contributed by atoms with Crippen LogP contribution in [0.1, 0.15) is 0 Å². The van der Waals surface area contributed by atoms with Crippen molar-refractivity contribution in [1.82, 2.24) is 9.97 Å². The van der Waals surface area contributed by atoms with Crippen LogP contribution >= 0.6 is 23.4 Å². The standard InChI is InChI=1S/C8H13ClN4S/c1-13(3-4-14-2)7-6(9)5-11-8(10)12-7/h5H,3-4H2,1-2H3,(H2,10,11,12). The fraction of sp³-hybridized carbons (Fsp3) is 0.500. The molecule has 2 N–H and O–H groups in total. The molecule has 0 saturated carbocycles. The van der Waals surface area contributed by atoms with E-state index in [4.69, 9.17) is 17.3 Å². The third-order valence-corrected chi connectivity index (χ3v) is 2.59. The normalized spacial score (nSPS) is 10.2. The zero-order chi connectivity index (χ0) is 10.6. The van der Waals surface area contributed by atoms with Gasteiger partial charge in [-0.05, 0) is 6.26 Å². The maximum atomic E-state index is 5.94. The molecule has 0 unspecified atom stereocenters. The molecule has 1 heterocycles. The summed E-state index contributed by atoms with van der Waals surface area (Å²) in [5, 5.41) is 0.530. The average Bonchev–Trinajstić information content (AvgIpc) is 2.18. The summed E-state index contributed by atoms with van der Waals surface area (Å²) in [6, 6.07) is 0. The lowest BCUT2D eigenvalue weighted by Crippen LogP contribution is -2.22. The molecular formula is C8H13ClN4S. The summed E-state index contributed by atoms with van der Waals surface area (Å²) in [6.45, 7) is 0.886. The molecule has 1 rings (SSSR count). The summed E-state index contributed by atoms with van der Waals surface area (Å²) in [6.07, 6.45) is 3.58. The van der Waals surface area contributed by atoms with E-state index >= 15 is 0 Å². The van der Waals surface area contributed by atoms with Crippen molar-refractivity contribution in [3.8, 4) is 0 Å². The predicted molar refractivity (Wildman–Crippen MR) is 63.1 cm³/mol. The molecule has 0 radical (unpaired) electrons. The van der Waals surface area contributed by atoms with Crippen LogP contribution in [0, 0.1) is 0 Å². The second-order valence-corrected chi connectivity index (χ2v) is 4.21. The number of rotatable bonds is 4. The van der Waals surface area contributed by atoms with Crippen LogP contribution in [0.5, 0.6) is 0 Å². The van der Waals surface area contributed by atoms with Crippen molar-refractivity contribution in [2.75, 3.05) is 36.2 Å². The Hall–Kier alpha value is -0.680. The van der Waals surface area contributed by atoms with Gasteiger partial charge >= 0.3 is 0 Å². The van der Waals surface area contributed by atoms with Gasteiger partial charge in [0, 0.05) is 19.3 Å². The van der Waals surface area contributed by atoms with E-state index in [-0.39, 0.29) is 5.95 Å². The molecule has 0 bridgehead atoms. The van der Waals surface area contributed by atoms with E-state index < -0.39 is 0 Å². The third-order valence-electron chi connectivity index (χ3n) is 1.74. The molecule has 78 valence electrons. The highest BCUT2D eigenvalue weighted by molar-refractivity contribution is 7.98. The fourth-order valence-corrected chi connectivity index (χ4v) is 1.66. The lowest BCUT2D eigenvalue weighted by molar-refractivity contribution is 0.940. The molecule has 1 aromatic rings. The topological polar surface area (TPSA) is 55.0 Å². The van der Waals surface area contributed by atoms with Gasteiger partial charge in [0.15, 0.2) is 5.82 Å². The smallest absolute Gasteiger partial charge is 0.222 e. The van der Waals surface area contributed by atoms with Crippen molar-refractivity contribution in [1.29, 1.82) is 0 Å². The number of halogens is 1. The van der Waals surface area contributed by atoms with Crippen LogP contribution < -0.4 is 10.6 Å². The predicted octanol–water partition coefficient (Wildman–Crippen LogP) is 1.51. The molecule has 0 atom stereocenters. The quantitative estimate of drug-likeness (QED) is 0.853. The molecule has 0 aliphatic heterocycles. The van der Waals surface area contributed by atoms with Gasteiger partial charge < -0.3 is 10.6 Å². The molecule has 0 spiro atoms. The van der Waals surface area contributed by atoms with Gasteiger partial charge in [-0.2, -0.15) is 16.7 Å². The van der Waals surface area contributed by atoms with E-state index in [1.807, 2.05) is 11.9 Å². The second-order valence-electron chi connectivity index (χ2n) is 2.81. The van der Waals surface area contributed by atoms with E-state index in [2.05, 4.69) is 16.2 Å². The molecule has 0 saturated heterocycles. The summed E-state index contributed by atoms with van der Waals surface area (Å²) in [4.78, 5) is 9.85. The van der Waals surface area contributed by atoms with Gasteiger partial charge in [0.05, 0.1) is 6.20 Å². The molecular weight excluding hydrogens is 220 g/mol. The van der Waals surface area contributed by atoms with Gasteiger partial charge in [0.25, 0.3) is 0 Å². The molecule has 0 aromatic carbocycles. The van der Waals surface area contributed by atoms with Crippen LogP contribution in [-0.2, 0) is 0 Å². The van der Waals surface area contributed by atoms with Gasteiger partial charge in [-0.15, -0.1) is 0 Å². The highest BCUT2D eigenvalue weighted by Crippen LogP contribution is 2.21. The first-order chi connectivity index (χ1) is 6.65. The number of aromatic nitrogens is 2. The summed E-state index contributed by atoms with van der Waals surface area (Å²) in [5.41, 5.74) is 5.48. The van der Waals surface area contributed by atoms with Crippen LogP contribution in [-0.4, -0.2) is 35.6 Å². The van der Waals surface area contributed by atoms with Gasteiger partial charge in [0.1, 0.15) is 5.02 Å². The Morgan fingerprint density at radius 2 is 2.36 bits per heavy atom. The minimum absolute atomic E-state index is 0.250. The molecule has 14 heavy (non-hydrogen) atoms. The average molecular weight is 233 g/mol. The van der Waals surface area contributed by atoms with Crippen molar-refractivity contribution in [3.63, 3.8) is 0 Å². The summed E-state index contributed by atoms with van der Waals surface area (Å²) in [7, 11) is 1.93. The lowest BCUT2D eigenvalue weighted by atomic mass is 10.5. The fourth-order valence-electron chi connectivity index (χ4n) is 0.973. The number of thioether (sulfide) groups is 1. The molecule has 0 fully saturated rings. The maximum Gasteiger partial charge on any atom is 0.222 e. The van der Waals surface area contributed by atoms with Crippen molar-refractivity contribution < 1.29 is 0 Å². The maximum absolute atomic E-state index is 5.94. The Labute approximate surface area is 92.9 Å². The number of nitrogen functional groups attached to an aromatic ring is 1. The van der Waals surface area contributed by atoms with Gasteiger partial charge in [-0.25, -0.2) is 4.98 Å². The third kappa shape index (κ3) is 2.92. The lowest BCUT2D eigenvalue weighted by Gasteiger charge is -2.18. The van der Waals surface area contributed by atoms with Crippen LogP contribution in [0.3, 0.4) is 0 Å². The summed E-state index contributed by atoms with van der Waals surface area (Å²) in [5.74, 6) is 1.96. The highest BCUT2D eigenvalue weighted by atomic mass is 35.5. The number of nitrogens with zero attached hydrogens (tertiary/aromatic N) is 3. The van der Waals surface area contributed by atoms with E-state index in [0.717, 1.165) is 12.3 Å². The summed E-state index contributed by atoms with van der Waals surface area (Å²) < 4.78 is 0. The molecule has 1 aromatic heterocycles. The monoisotopic (exact) mass is 232 g/mol. The largest absolute Gasteiger partial charge is 0.368 e. The Morgan fingerprint density at radius 1 is 1.64 bits per heavy atom. The van der Waals surface area contributed by atoms with Crippen LogP contribution in [0.2, 0.25) is 5.02 Å². The Morgan fingerprint density at radius 3 is 3.00 bits per heavy atom. The van der Waals surface area contributed by atoms with Crippen molar-refractivity contribution in [2.24, 2.45) is 0 Å². The Bertz CT molecular complexity index is 307. The molecule has 6 heteroatoms. The van der Waals surface area contributed by atoms with Crippen LogP contribution in [0.25, 0.3) is 0 Å². The van der Waals surface area contributed by atoms with Crippen molar-refractivity contribution in [2.45, 2.75) is 0 Å². The van der Waals surface area contributed by atoms with Crippen molar-refractivity contribution >= 4 is 35.1 Å². The SMILES string of the molecule is CSCCN(C)c1nc(N)ncc1Cl. The minimum Gasteiger partial charge on any atom is -0.368 e. The summed E-state index contributed by atoms with van der Waals surface area (Å²) >= 11 is 7.72. The number of hydrogen-bond donors (Lipinski definition) is 1. The zero-order valence-corrected chi connectivity index (χ0v) is 9.77. The first kappa shape index (κ1) is 11.4. The van der Waals surface area contributed by atoms with Crippen LogP contribution in [0.15, 0.2) is 6.20 Å². The number of hydrogen-bond acceptors (Lipinski definition) is 5. The van der Waals surface area contributed by atoms with Gasteiger partial charge in [-0.3, -0.25) is 0 Å². The minimum atomic E-state index is 0.250. The highest BCUT2D eigenvalue weighted by Gasteiger charge is 2.08. The Kier molecular flexibility index (Phi) is 4.28. The molecule has 0 aliphatic rings. The molecule has 4 nitrogen and oxygen atoms in total. The van der Waals surface area contributed by atoms with Crippen molar-refractivity contribution in [3.05, 3.63) is 11.2 Å².